The van der Waals surface area contributed by atoms with Gasteiger partial charge < -0.3 is 15.2 Å². The number of rotatable bonds is 4. The molecule has 36 heavy (non-hydrogen) atoms. The summed E-state index contributed by atoms with van der Waals surface area (Å²) in [6.07, 6.45) is 1.23. The summed E-state index contributed by atoms with van der Waals surface area (Å²) in [4.78, 5) is 20.8. The summed E-state index contributed by atoms with van der Waals surface area (Å²) in [6, 6.07) is -0.581. The highest BCUT2D eigenvalue weighted by atomic mass is 19.1. The van der Waals surface area contributed by atoms with Gasteiger partial charge in [-0.05, 0) is 31.6 Å². The number of halogens is 2. The minimum atomic E-state index is -1.23. The highest BCUT2D eigenvalue weighted by molar-refractivity contribution is 5.35. The lowest BCUT2D eigenvalue weighted by Gasteiger charge is -2.14. The van der Waals surface area contributed by atoms with E-state index in [1.54, 1.807) is 14.1 Å². The number of hydrogen-bond acceptors (Lipinski definition) is 9. The van der Waals surface area contributed by atoms with Crippen molar-refractivity contribution in [2.45, 2.75) is 63.2 Å². The molecule has 2 fully saturated rings. The fraction of sp³-hybridized carbons (Fsp3) is 0.714. The monoisotopic (exact) mass is 515 g/mol. The SMILES string of the molecule is C[C@@H]1CCC(c2c([N+](=O)[O-])cnn2C)OC[C@H]1F.Cn1ncc([N+](=O)[O-])c1C1CC[C@@H](N)[C@H](F)CO1. The largest absolute Gasteiger partial charge is 0.369 e. The number of aryl methyl sites for hydroxylation is 2. The van der Waals surface area contributed by atoms with E-state index in [2.05, 4.69) is 10.2 Å². The molecule has 2 aromatic rings. The standard InChI is InChI=1S/C11H16FN3O3.C10H15FN4O3/c1-7-3-4-10(18-6-8(7)12)11-9(15(16)17)5-13-14(11)2;1-14-10(8(4-13-14)15(16)17)9-3-2-7(12)6(11)5-18-9/h5,7-8,10H,3-4,6H2,1-2H3;4,6-7,9H,2-3,5,12H2,1H3/t7-,8-,10?;6-,7-,9?/m11/s1. The Morgan fingerprint density at radius 3 is 1.81 bits per heavy atom. The normalized spacial score (nSPS) is 28.9. The molecule has 6 atom stereocenters. The fourth-order valence-electron chi connectivity index (χ4n) is 4.32. The van der Waals surface area contributed by atoms with Gasteiger partial charge in [-0.3, -0.25) is 29.6 Å². The number of nitrogens with two attached hydrogens (primary N) is 1. The Labute approximate surface area is 205 Å². The number of hydrogen-bond donors (Lipinski definition) is 1. The van der Waals surface area contributed by atoms with Gasteiger partial charge in [0.1, 0.15) is 48.3 Å². The van der Waals surface area contributed by atoms with E-state index in [1.807, 2.05) is 6.92 Å². The zero-order valence-corrected chi connectivity index (χ0v) is 20.3. The predicted octanol–water partition coefficient (Wildman–Crippen LogP) is 3.00. The summed E-state index contributed by atoms with van der Waals surface area (Å²) in [6.45, 7) is 1.66. The molecule has 0 saturated carbocycles. The lowest BCUT2D eigenvalue weighted by Crippen LogP contribution is -2.32. The van der Waals surface area contributed by atoms with Crippen molar-refractivity contribution in [3.63, 3.8) is 0 Å². The molecular weight excluding hydrogens is 484 g/mol. The van der Waals surface area contributed by atoms with E-state index < -0.39 is 40.4 Å². The number of nitro groups is 2. The summed E-state index contributed by atoms with van der Waals surface area (Å²) in [5, 5.41) is 29.5. The third-order valence-electron chi connectivity index (χ3n) is 6.57. The van der Waals surface area contributed by atoms with Crippen LogP contribution in [0, 0.1) is 26.1 Å². The minimum Gasteiger partial charge on any atom is -0.369 e. The molecule has 2 saturated heterocycles. The number of nitrogens with zero attached hydrogens (tertiary/aromatic N) is 6. The van der Waals surface area contributed by atoms with Gasteiger partial charge in [0.25, 0.3) is 0 Å². The molecular formula is C21H31F2N7O6. The smallest absolute Gasteiger partial charge is 0.312 e. The first-order valence-corrected chi connectivity index (χ1v) is 11.6. The van der Waals surface area contributed by atoms with Crippen LogP contribution in [-0.2, 0) is 23.6 Å². The van der Waals surface area contributed by atoms with Gasteiger partial charge in [0.2, 0.25) is 0 Å². The van der Waals surface area contributed by atoms with E-state index in [4.69, 9.17) is 15.2 Å². The van der Waals surface area contributed by atoms with Crippen molar-refractivity contribution in [2.75, 3.05) is 13.2 Å². The molecule has 2 aromatic heterocycles. The second-order valence-corrected chi connectivity index (χ2v) is 9.06. The van der Waals surface area contributed by atoms with Gasteiger partial charge >= 0.3 is 11.4 Å². The van der Waals surface area contributed by atoms with Gasteiger partial charge in [-0.2, -0.15) is 10.2 Å². The van der Waals surface area contributed by atoms with Crippen molar-refractivity contribution in [3.05, 3.63) is 44.0 Å². The molecule has 0 aromatic carbocycles. The summed E-state index contributed by atoms with van der Waals surface area (Å²) >= 11 is 0. The molecule has 0 radical (unpaired) electrons. The van der Waals surface area contributed by atoms with Gasteiger partial charge in [-0.25, -0.2) is 8.78 Å². The highest BCUT2D eigenvalue weighted by Crippen LogP contribution is 2.35. The molecule has 0 bridgehead atoms. The van der Waals surface area contributed by atoms with Crippen molar-refractivity contribution in [1.82, 2.24) is 19.6 Å². The third kappa shape index (κ3) is 6.20. The molecule has 2 unspecified atom stereocenters. The van der Waals surface area contributed by atoms with Crippen LogP contribution in [0.2, 0.25) is 0 Å². The van der Waals surface area contributed by atoms with Crippen LogP contribution in [0.4, 0.5) is 20.2 Å². The third-order valence-corrected chi connectivity index (χ3v) is 6.57. The molecule has 13 nitrogen and oxygen atoms in total. The molecule has 4 rings (SSSR count). The molecule has 15 heteroatoms. The van der Waals surface area contributed by atoms with E-state index in [0.717, 1.165) is 0 Å². The van der Waals surface area contributed by atoms with Gasteiger partial charge in [0.05, 0.1) is 23.1 Å². The highest BCUT2D eigenvalue weighted by Gasteiger charge is 2.33. The Balaban J connectivity index is 0.000000201. The van der Waals surface area contributed by atoms with Crippen LogP contribution in [-0.4, -0.2) is 61.0 Å². The lowest BCUT2D eigenvalue weighted by molar-refractivity contribution is -0.386. The van der Waals surface area contributed by atoms with Crippen LogP contribution >= 0.6 is 0 Å². The fourth-order valence-corrected chi connectivity index (χ4v) is 4.32. The van der Waals surface area contributed by atoms with Crippen LogP contribution < -0.4 is 5.73 Å². The molecule has 2 aliphatic rings. The summed E-state index contributed by atoms with van der Waals surface area (Å²) in [5.41, 5.74) is 6.23. The van der Waals surface area contributed by atoms with Crippen molar-refractivity contribution >= 4 is 11.4 Å². The number of ether oxygens (including phenoxy) is 2. The molecule has 4 heterocycles. The van der Waals surface area contributed by atoms with Crippen LogP contribution in [0.25, 0.3) is 0 Å². The first-order chi connectivity index (χ1) is 17.0. The molecule has 2 N–H and O–H groups in total. The quantitative estimate of drug-likeness (QED) is 0.475. The first kappa shape index (κ1) is 27.5. The van der Waals surface area contributed by atoms with E-state index in [1.165, 1.54) is 21.8 Å². The van der Waals surface area contributed by atoms with Crippen molar-refractivity contribution in [3.8, 4) is 0 Å². The molecule has 0 aliphatic carbocycles. The Morgan fingerprint density at radius 2 is 1.33 bits per heavy atom. The first-order valence-electron chi connectivity index (χ1n) is 11.6. The van der Waals surface area contributed by atoms with Crippen molar-refractivity contribution < 1.29 is 28.1 Å². The van der Waals surface area contributed by atoms with Gasteiger partial charge in [-0.1, -0.05) is 6.92 Å². The number of aromatic nitrogens is 4. The zero-order chi connectivity index (χ0) is 26.6. The average molecular weight is 516 g/mol. The second-order valence-electron chi connectivity index (χ2n) is 9.06. The lowest BCUT2D eigenvalue weighted by atomic mass is 9.99. The van der Waals surface area contributed by atoms with Crippen molar-refractivity contribution in [1.29, 1.82) is 0 Å². The molecule has 2 aliphatic heterocycles. The topological polar surface area (TPSA) is 166 Å². The Kier molecular flexibility index (Phi) is 9.03. The molecule has 0 spiro atoms. The van der Waals surface area contributed by atoms with Crippen LogP contribution in [0.1, 0.15) is 56.2 Å². The van der Waals surface area contributed by atoms with Crippen LogP contribution in [0.5, 0.6) is 0 Å². The summed E-state index contributed by atoms with van der Waals surface area (Å²) < 4.78 is 40.6. The summed E-state index contributed by atoms with van der Waals surface area (Å²) in [5.74, 6) is -0.0812. The maximum atomic E-state index is 13.5. The van der Waals surface area contributed by atoms with E-state index >= 15 is 0 Å². The van der Waals surface area contributed by atoms with E-state index in [0.29, 0.717) is 37.1 Å². The molecule has 200 valence electrons. The Hall–Kier alpha value is -3.04. The van der Waals surface area contributed by atoms with Gasteiger partial charge in [-0.15, -0.1) is 0 Å². The average Bonchev–Trinajstić information content (AvgIpc) is 3.31. The maximum absolute atomic E-state index is 13.5. The Bertz CT molecular complexity index is 957. The number of alkyl halides is 2. The van der Waals surface area contributed by atoms with Gasteiger partial charge in [0, 0.05) is 20.1 Å². The van der Waals surface area contributed by atoms with Crippen LogP contribution in [0.15, 0.2) is 12.4 Å². The minimum absolute atomic E-state index is 0.0197. The zero-order valence-electron chi connectivity index (χ0n) is 20.3. The second kappa shape index (κ2) is 11.8. The van der Waals surface area contributed by atoms with Crippen LogP contribution in [0.3, 0.4) is 0 Å². The Morgan fingerprint density at radius 1 is 0.889 bits per heavy atom. The molecule has 0 amide bonds. The summed E-state index contributed by atoms with van der Waals surface area (Å²) in [7, 11) is 3.23. The van der Waals surface area contributed by atoms with Gasteiger partial charge in [0.15, 0.2) is 0 Å². The predicted molar refractivity (Wildman–Crippen MR) is 123 cm³/mol. The van der Waals surface area contributed by atoms with E-state index in [9.17, 15) is 29.0 Å². The van der Waals surface area contributed by atoms with E-state index in [-0.39, 0.29) is 30.5 Å². The van der Waals surface area contributed by atoms with Crippen molar-refractivity contribution in [2.24, 2.45) is 25.7 Å². The maximum Gasteiger partial charge on any atom is 0.312 e.